The fourth-order valence-electron chi connectivity index (χ4n) is 3.34. The van der Waals surface area contributed by atoms with Gasteiger partial charge in [0.15, 0.2) is 0 Å². The van der Waals surface area contributed by atoms with Gasteiger partial charge in [-0.2, -0.15) is 26.3 Å². The highest BCUT2D eigenvalue weighted by Crippen LogP contribution is 2.40. The number of benzene rings is 2. The van der Waals surface area contributed by atoms with E-state index < -0.39 is 29.1 Å². The van der Waals surface area contributed by atoms with Gasteiger partial charge in [0.05, 0.1) is 11.1 Å². The van der Waals surface area contributed by atoms with E-state index in [1.54, 1.807) is 26.0 Å². The van der Waals surface area contributed by atoms with Crippen LogP contribution in [0.15, 0.2) is 60.7 Å². The number of aromatic nitrogens is 1. The van der Waals surface area contributed by atoms with Crippen molar-refractivity contribution in [2.45, 2.75) is 31.8 Å². The maximum absolute atomic E-state index is 12.9. The molecule has 158 valence electrons. The Morgan fingerprint density at radius 2 is 0.867 bits per heavy atom. The summed E-state index contributed by atoms with van der Waals surface area (Å²) in [6.45, 7) is 3.35. The number of nitrogens with zero attached hydrogens (tertiary/aromatic N) is 1. The van der Waals surface area contributed by atoms with Crippen molar-refractivity contribution in [3.05, 3.63) is 99.9 Å². The third kappa shape index (κ3) is 4.18. The first kappa shape index (κ1) is 21.8. The number of rotatable bonds is 3. The highest BCUT2D eigenvalue weighted by Gasteiger charge is 2.37. The van der Waals surface area contributed by atoms with E-state index in [0.717, 1.165) is 48.5 Å². The number of hydrogen-bond acceptors (Lipinski definition) is 2. The van der Waals surface area contributed by atoms with Gasteiger partial charge in [-0.1, -0.05) is 24.3 Å². The van der Waals surface area contributed by atoms with Gasteiger partial charge in [0.1, 0.15) is 5.60 Å². The fourth-order valence-corrected chi connectivity index (χ4v) is 3.34. The minimum absolute atomic E-state index is 0.0836. The molecule has 0 fully saturated rings. The van der Waals surface area contributed by atoms with Crippen LogP contribution in [0.25, 0.3) is 0 Å². The predicted octanol–water partition coefficient (Wildman–Crippen LogP) is 6.02. The van der Waals surface area contributed by atoms with E-state index in [4.69, 9.17) is 0 Å². The average Bonchev–Trinajstić information content (AvgIpc) is 2.65. The number of halogens is 6. The van der Waals surface area contributed by atoms with Crippen LogP contribution in [0, 0.1) is 13.8 Å². The Hall–Kier alpha value is -2.87. The van der Waals surface area contributed by atoms with Gasteiger partial charge in [0, 0.05) is 11.4 Å². The molecule has 8 heteroatoms. The molecular weight excluding hydrogens is 408 g/mol. The molecule has 30 heavy (non-hydrogen) atoms. The van der Waals surface area contributed by atoms with Gasteiger partial charge in [-0.25, -0.2) is 0 Å². The Morgan fingerprint density at radius 1 is 0.567 bits per heavy atom. The predicted molar refractivity (Wildman–Crippen MR) is 98.7 cm³/mol. The summed E-state index contributed by atoms with van der Waals surface area (Å²) in [5, 5.41) is 11.7. The minimum Gasteiger partial charge on any atom is -0.376 e. The summed E-state index contributed by atoms with van der Waals surface area (Å²) in [6.07, 6.45) is -9.12. The Bertz CT molecular complexity index is 959. The lowest BCUT2D eigenvalue weighted by Gasteiger charge is -2.31. The van der Waals surface area contributed by atoms with Gasteiger partial charge in [-0.15, -0.1) is 0 Å². The fraction of sp³-hybridized carbons (Fsp3) is 0.227. The summed E-state index contributed by atoms with van der Waals surface area (Å²) in [4.78, 5) is 4.22. The zero-order valence-corrected chi connectivity index (χ0v) is 15.9. The van der Waals surface area contributed by atoms with Gasteiger partial charge < -0.3 is 5.11 Å². The number of hydrogen-bond donors (Lipinski definition) is 1. The molecule has 2 aromatic carbocycles. The van der Waals surface area contributed by atoms with E-state index in [2.05, 4.69) is 4.98 Å². The van der Waals surface area contributed by atoms with Crippen LogP contribution in [-0.2, 0) is 18.0 Å². The lowest BCUT2D eigenvalue weighted by molar-refractivity contribution is -0.138. The molecule has 0 bridgehead atoms. The molecule has 1 aromatic heterocycles. The van der Waals surface area contributed by atoms with Gasteiger partial charge in [0.25, 0.3) is 0 Å². The first-order chi connectivity index (χ1) is 13.8. The monoisotopic (exact) mass is 425 g/mol. The Morgan fingerprint density at radius 3 is 1.17 bits per heavy atom. The Balaban J connectivity index is 2.21. The molecule has 3 rings (SSSR count). The average molecular weight is 425 g/mol. The first-order valence-electron chi connectivity index (χ1n) is 8.85. The van der Waals surface area contributed by atoms with Crippen molar-refractivity contribution < 1.29 is 31.4 Å². The van der Waals surface area contributed by atoms with E-state index in [1.807, 2.05) is 0 Å². The largest absolute Gasteiger partial charge is 0.416 e. The van der Waals surface area contributed by atoms with Crippen molar-refractivity contribution in [2.24, 2.45) is 0 Å². The molecule has 0 radical (unpaired) electrons. The van der Waals surface area contributed by atoms with Crippen LogP contribution in [0.1, 0.15) is 39.2 Å². The summed E-state index contributed by atoms with van der Waals surface area (Å²) in [7, 11) is 0. The molecule has 0 aliphatic heterocycles. The van der Waals surface area contributed by atoms with Crippen LogP contribution in [0.3, 0.4) is 0 Å². The number of aryl methyl sites for hydroxylation is 2. The van der Waals surface area contributed by atoms with E-state index >= 15 is 0 Å². The van der Waals surface area contributed by atoms with Crippen LogP contribution in [0.2, 0.25) is 0 Å². The van der Waals surface area contributed by atoms with E-state index in [0.29, 0.717) is 11.4 Å². The lowest BCUT2D eigenvalue weighted by atomic mass is 9.79. The van der Waals surface area contributed by atoms with Crippen LogP contribution >= 0.6 is 0 Å². The van der Waals surface area contributed by atoms with Crippen LogP contribution in [0.5, 0.6) is 0 Å². The zero-order chi connectivity index (χ0) is 22.3. The number of alkyl halides is 6. The number of aliphatic hydroxyl groups is 1. The van der Waals surface area contributed by atoms with E-state index in [9.17, 15) is 31.4 Å². The maximum Gasteiger partial charge on any atom is 0.416 e. The molecular formula is C22H17F6NO. The minimum atomic E-state index is -4.56. The summed E-state index contributed by atoms with van der Waals surface area (Å²) < 4.78 is 77.7. The smallest absolute Gasteiger partial charge is 0.376 e. The molecule has 0 spiro atoms. The van der Waals surface area contributed by atoms with Crippen molar-refractivity contribution in [3.8, 4) is 0 Å². The Labute approximate surface area is 168 Å². The van der Waals surface area contributed by atoms with E-state index in [1.165, 1.54) is 0 Å². The standard InChI is InChI=1S/C22H17F6NO/c1-13-11-19(12-14(2)29-13)20(30,15-3-7-17(8-4-15)21(23,24)25)16-5-9-18(10-6-16)22(26,27)28/h3-12,30H,1-2H3. The normalized spacial score (nSPS) is 12.8. The molecule has 1 heterocycles. The first-order valence-corrected chi connectivity index (χ1v) is 8.85. The van der Waals surface area contributed by atoms with Crippen LogP contribution < -0.4 is 0 Å². The van der Waals surface area contributed by atoms with Crippen molar-refractivity contribution >= 4 is 0 Å². The molecule has 0 unspecified atom stereocenters. The van der Waals surface area contributed by atoms with E-state index in [-0.39, 0.29) is 16.7 Å². The summed E-state index contributed by atoms with van der Waals surface area (Å²) in [5.41, 5.74) is -2.24. The molecule has 0 atom stereocenters. The van der Waals surface area contributed by atoms with Crippen LogP contribution in [0.4, 0.5) is 26.3 Å². The summed E-state index contributed by atoms with van der Waals surface area (Å²) >= 11 is 0. The van der Waals surface area contributed by atoms with Crippen molar-refractivity contribution in [1.82, 2.24) is 4.98 Å². The molecule has 0 amide bonds. The van der Waals surface area contributed by atoms with Crippen molar-refractivity contribution in [2.75, 3.05) is 0 Å². The summed E-state index contributed by atoms with van der Waals surface area (Å²) in [6, 6.07) is 10.9. The summed E-state index contributed by atoms with van der Waals surface area (Å²) in [5.74, 6) is 0. The van der Waals surface area contributed by atoms with Gasteiger partial charge in [-0.3, -0.25) is 4.98 Å². The SMILES string of the molecule is Cc1cc(C(O)(c2ccc(C(F)(F)F)cc2)c2ccc(C(F)(F)F)cc2)cc(C)n1. The molecule has 0 saturated carbocycles. The molecule has 3 aromatic rings. The second-order valence-electron chi connectivity index (χ2n) is 7.00. The lowest BCUT2D eigenvalue weighted by Crippen LogP contribution is -2.29. The Kier molecular flexibility index (Phi) is 5.41. The van der Waals surface area contributed by atoms with Crippen molar-refractivity contribution in [1.29, 1.82) is 0 Å². The topological polar surface area (TPSA) is 33.1 Å². The second kappa shape index (κ2) is 7.43. The molecule has 2 nitrogen and oxygen atoms in total. The third-order valence-corrected chi connectivity index (χ3v) is 4.76. The quantitative estimate of drug-likeness (QED) is 0.521. The highest BCUT2D eigenvalue weighted by molar-refractivity contribution is 5.49. The molecule has 0 saturated heterocycles. The maximum atomic E-state index is 12.9. The van der Waals surface area contributed by atoms with Crippen molar-refractivity contribution in [3.63, 3.8) is 0 Å². The van der Waals surface area contributed by atoms with Gasteiger partial charge in [-0.05, 0) is 66.9 Å². The molecule has 0 aliphatic carbocycles. The zero-order valence-electron chi connectivity index (χ0n) is 15.9. The second-order valence-corrected chi connectivity index (χ2v) is 7.00. The van der Waals surface area contributed by atoms with Gasteiger partial charge in [0.2, 0.25) is 0 Å². The molecule has 0 aliphatic rings. The van der Waals surface area contributed by atoms with Gasteiger partial charge >= 0.3 is 12.4 Å². The van der Waals surface area contributed by atoms with Crippen LogP contribution in [-0.4, -0.2) is 10.1 Å². The third-order valence-electron chi connectivity index (χ3n) is 4.76. The highest BCUT2D eigenvalue weighted by atomic mass is 19.4. The number of pyridine rings is 1. The molecule has 1 N–H and O–H groups in total.